The molecule has 1 aromatic rings. The fourth-order valence-corrected chi connectivity index (χ4v) is 1.91. The van der Waals surface area contributed by atoms with E-state index in [1.165, 1.54) is 4.90 Å². The van der Waals surface area contributed by atoms with Gasteiger partial charge in [0.15, 0.2) is 0 Å². The number of hydrogen-bond acceptors (Lipinski definition) is 4. The predicted octanol–water partition coefficient (Wildman–Crippen LogP) is 0.337. The Morgan fingerprint density at radius 1 is 1.37 bits per heavy atom. The Morgan fingerprint density at radius 3 is 2.84 bits per heavy atom. The minimum absolute atomic E-state index is 0.0785. The summed E-state index contributed by atoms with van der Waals surface area (Å²) >= 11 is 0. The maximum atomic E-state index is 11.4. The average Bonchev–Trinajstić information content (AvgIpc) is 2.72. The molecule has 1 fully saturated rings. The molecule has 0 aliphatic carbocycles. The van der Waals surface area contributed by atoms with Crippen LogP contribution in [0.1, 0.15) is 5.56 Å². The molecule has 1 saturated heterocycles. The van der Waals surface area contributed by atoms with Gasteiger partial charge in [-0.25, -0.2) is 4.79 Å². The Labute approximate surface area is 111 Å². The fourth-order valence-electron chi connectivity index (χ4n) is 1.91. The normalized spacial score (nSPS) is 14.7. The summed E-state index contributed by atoms with van der Waals surface area (Å²) in [6.45, 7) is 1.34. The molecule has 0 atom stereocenters. The van der Waals surface area contributed by atoms with Gasteiger partial charge in [0, 0.05) is 12.1 Å². The van der Waals surface area contributed by atoms with E-state index >= 15 is 0 Å². The zero-order valence-corrected chi connectivity index (χ0v) is 10.8. The minimum atomic E-state index is -0.350. The van der Waals surface area contributed by atoms with Crippen molar-refractivity contribution in [2.75, 3.05) is 26.7 Å². The Morgan fingerprint density at radius 2 is 2.16 bits per heavy atom. The van der Waals surface area contributed by atoms with Crippen molar-refractivity contribution >= 4 is 11.9 Å². The smallest absolute Gasteiger partial charge is 0.324 e. The number of hydrogen-bond donors (Lipinski definition) is 2. The Bertz CT molecular complexity index is 460. The Kier molecular flexibility index (Phi) is 4.35. The van der Waals surface area contributed by atoms with Crippen molar-refractivity contribution in [1.82, 2.24) is 15.5 Å². The molecule has 1 aliphatic rings. The van der Waals surface area contributed by atoms with E-state index in [0.29, 0.717) is 13.2 Å². The highest BCUT2D eigenvalue weighted by Gasteiger charge is 2.27. The average molecular weight is 263 g/mol. The third-order valence-corrected chi connectivity index (χ3v) is 2.85. The van der Waals surface area contributed by atoms with Gasteiger partial charge >= 0.3 is 6.03 Å². The molecule has 1 aliphatic heterocycles. The molecule has 1 heterocycles. The highest BCUT2D eigenvalue weighted by molar-refractivity contribution is 6.01. The molecule has 0 bridgehead atoms. The summed E-state index contributed by atoms with van der Waals surface area (Å²) in [4.78, 5) is 23.9. The summed E-state index contributed by atoms with van der Waals surface area (Å²) in [6.07, 6.45) is 0. The van der Waals surface area contributed by atoms with Gasteiger partial charge in [0.25, 0.3) is 0 Å². The molecule has 3 amide bonds. The van der Waals surface area contributed by atoms with E-state index in [-0.39, 0.29) is 25.0 Å². The van der Waals surface area contributed by atoms with E-state index in [1.54, 1.807) is 0 Å². The first-order valence-electron chi connectivity index (χ1n) is 6.16. The molecule has 6 heteroatoms. The molecule has 0 radical (unpaired) electrons. The van der Waals surface area contributed by atoms with E-state index in [2.05, 4.69) is 10.6 Å². The first-order chi connectivity index (χ1) is 9.22. The van der Waals surface area contributed by atoms with Crippen molar-refractivity contribution in [2.24, 2.45) is 0 Å². The quantitative estimate of drug-likeness (QED) is 0.726. The number of nitrogens with one attached hydrogen (secondary N) is 2. The first-order valence-corrected chi connectivity index (χ1v) is 6.16. The number of carbonyl (C=O) groups is 2. The summed E-state index contributed by atoms with van der Waals surface area (Å²) in [5.74, 6) is 0.556. The predicted molar refractivity (Wildman–Crippen MR) is 69.8 cm³/mol. The van der Waals surface area contributed by atoms with Crippen LogP contribution in [0.25, 0.3) is 0 Å². The lowest BCUT2D eigenvalue weighted by molar-refractivity contribution is -0.125. The van der Waals surface area contributed by atoms with Gasteiger partial charge in [0.1, 0.15) is 12.4 Å². The van der Waals surface area contributed by atoms with Gasteiger partial charge in [-0.3, -0.25) is 9.69 Å². The van der Waals surface area contributed by atoms with Crippen LogP contribution in [0.4, 0.5) is 4.79 Å². The molecule has 0 aromatic heterocycles. The van der Waals surface area contributed by atoms with Gasteiger partial charge in [0.2, 0.25) is 5.91 Å². The summed E-state index contributed by atoms with van der Waals surface area (Å²) in [5.41, 5.74) is 1.04. The maximum Gasteiger partial charge on any atom is 0.324 e. The molecule has 2 N–H and O–H groups in total. The van der Waals surface area contributed by atoms with Crippen molar-refractivity contribution in [3.63, 3.8) is 0 Å². The number of carbonyl (C=O) groups excluding carboxylic acids is 2. The van der Waals surface area contributed by atoms with E-state index in [1.807, 2.05) is 31.3 Å². The molecule has 6 nitrogen and oxygen atoms in total. The zero-order valence-electron chi connectivity index (χ0n) is 10.8. The van der Waals surface area contributed by atoms with Crippen LogP contribution in [0.3, 0.4) is 0 Å². The van der Waals surface area contributed by atoms with Crippen LogP contribution < -0.4 is 15.4 Å². The molecule has 19 heavy (non-hydrogen) atoms. The van der Waals surface area contributed by atoms with Gasteiger partial charge < -0.3 is 15.4 Å². The third-order valence-electron chi connectivity index (χ3n) is 2.85. The van der Waals surface area contributed by atoms with E-state index in [4.69, 9.17) is 4.74 Å². The van der Waals surface area contributed by atoms with E-state index < -0.39 is 0 Å². The van der Waals surface area contributed by atoms with Crippen molar-refractivity contribution in [3.8, 4) is 5.75 Å². The maximum absolute atomic E-state index is 11.4. The van der Waals surface area contributed by atoms with Gasteiger partial charge in [-0.2, -0.15) is 0 Å². The SMILES string of the molecule is CNCc1ccccc1OCCN1C(=O)CNC1=O. The van der Waals surface area contributed by atoms with Crippen LogP contribution in [-0.2, 0) is 11.3 Å². The Hall–Kier alpha value is -2.08. The fraction of sp³-hybridized carbons (Fsp3) is 0.385. The number of amides is 3. The topological polar surface area (TPSA) is 70.7 Å². The molecule has 2 rings (SSSR count). The Balaban J connectivity index is 1.89. The molecule has 102 valence electrons. The molecular formula is C13H17N3O3. The highest BCUT2D eigenvalue weighted by Crippen LogP contribution is 2.17. The monoisotopic (exact) mass is 263 g/mol. The van der Waals surface area contributed by atoms with Gasteiger partial charge in [-0.05, 0) is 13.1 Å². The van der Waals surface area contributed by atoms with E-state index in [9.17, 15) is 9.59 Å². The number of imide groups is 1. The molecule has 0 spiro atoms. The van der Waals surface area contributed by atoms with Crippen LogP contribution in [0.15, 0.2) is 24.3 Å². The number of urea groups is 1. The van der Waals surface area contributed by atoms with Crippen molar-refractivity contribution < 1.29 is 14.3 Å². The first kappa shape index (κ1) is 13.4. The summed E-state index contributed by atoms with van der Waals surface area (Å²) in [6, 6.07) is 7.33. The minimum Gasteiger partial charge on any atom is -0.491 e. The second-order valence-electron chi connectivity index (χ2n) is 4.19. The lowest BCUT2D eigenvalue weighted by Crippen LogP contribution is -2.34. The summed E-state index contributed by atoms with van der Waals surface area (Å²) in [7, 11) is 1.87. The van der Waals surface area contributed by atoms with Crippen molar-refractivity contribution in [2.45, 2.75) is 6.54 Å². The highest BCUT2D eigenvalue weighted by atomic mass is 16.5. The van der Waals surface area contributed by atoms with Gasteiger partial charge in [0.05, 0.1) is 13.1 Å². The number of benzene rings is 1. The molecule has 0 saturated carbocycles. The largest absolute Gasteiger partial charge is 0.491 e. The molecule has 0 unspecified atom stereocenters. The number of ether oxygens (including phenoxy) is 1. The summed E-state index contributed by atoms with van der Waals surface area (Å²) < 4.78 is 5.63. The third kappa shape index (κ3) is 3.23. The van der Waals surface area contributed by atoms with Gasteiger partial charge in [-0.1, -0.05) is 18.2 Å². The second-order valence-corrected chi connectivity index (χ2v) is 4.19. The van der Waals surface area contributed by atoms with Crippen molar-refractivity contribution in [1.29, 1.82) is 0 Å². The zero-order chi connectivity index (χ0) is 13.7. The van der Waals surface area contributed by atoms with Crippen LogP contribution >= 0.6 is 0 Å². The van der Waals surface area contributed by atoms with Crippen LogP contribution in [0.2, 0.25) is 0 Å². The van der Waals surface area contributed by atoms with Crippen LogP contribution in [0.5, 0.6) is 5.75 Å². The van der Waals surface area contributed by atoms with Crippen molar-refractivity contribution in [3.05, 3.63) is 29.8 Å². The number of nitrogens with zero attached hydrogens (tertiary/aromatic N) is 1. The standard InChI is InChI=1S/C13H17N3O3/c1-14-8-10-4-2-3-5-11(10)19-7-6-16-12(17)9-15-13(16)18/h2-5,14H,6-9H2,1H3,(H,15,18). The second kappa shape index (κ2) is 6.19. The van der Waals surface area contributed by atoms with Crippen LogP contribution in [0, 0.1) is 0 Å². The van der Waals surface area contributed by atoms with E-state index in [0.717, 1.165) is 11.3 Å². The van der Waals surface area contributed by atoms with Crippen LogP contribution in [-0.4, -0.2) is 43.6 Å². The lowest BCUT2D eigenvalue weighted by Gasteiger charge is -2.15. The molecule has 1 aromatic carbocycles. The summed E-state index contributed by atoms with van der Waals surface area (Å²) in [5, 5.41) is 5.53. The number of para-hydroxylation sites is 1. The van der Waals surface area contributed by atoms with Gasteiger partial charge in [-0.15, -0.1) is 0 Å². The molecular weight excluding hydrogens is 246 g/mol. The number of rotatable bonds is 6. The lowest BCUT2D eigenvalue weighted by atomic mass is 10.2.